The molecule has 1 amide bonds. The molecule has 6 nitrogen and oxygen atoms in total. The number of hydrogen-bond donors (Lipinski definition) is 1. The summed E-state index contributed by atoms with van der Waals surface area (Å²) in [6.07, 6.45) is 4.75. The van der Waals surface area contributed by atoms with E-state index in [1.54, 1.807) is 0 Å². The highest BCUT2D eigenvalue weighted by molar-refractivity contribution is 7.92. The van der Waals surface area contributed by atoms with E-state index < -0.39 is 27.5 Å². The van der Waals surface area contributed by atoms with Gasteiger partial charge >= 0.3 is 5.97 Å². The molecule has 156 valence electrons. The third kappa shape index (κ3) is 5.67. The molecular weight excluding hydrogens is 410 g/mol. The number of amides is 1. The summed E-state index contributed by atoms with van der Waals surface area (Å²) in [6.45, 7) is 0. The van der Waals surface area contributed by atoms with Crippen LogP contribution in [0.2, 0.25) is 0 Å². The van der Waals surface area contributed by atoms with Crippen LogP contribution in [0.15, 0.2) is 30.3 Å². The molecule has 0 fully saturated rings. The SMILES string of the molecule is COC(=O)c1c(NC(=O)CS(=O)(=O)CCCc2ccccc2)sc2c1CCCC2. The van der Waals surface area contributed by atoms with Crippen LogP contribution in [0.1, 0.15) is 45.6 Å². The number of anilines is 1. The molecule has 0 spiro atoms. The number of methoxy groups -OCH3 is 1. The third-order valence-electron chi connectivity index (χ3n) is 4.93. The van der Waals surface area contributed by atoms with Gasteiger partial charge in [-0.1, -0.05) is 30.3 Å². The number of aryl methyl sites for hydroxylation is 2. The highest BCUT2D eigenvalue weighted by Gasteiger charge is 2.27. The van der Waals surface area contributed by atoms with Crippen molar-refractivity contribution in [2.75, 3.05) is 23.9 Å². The first-order valence-corrected chi connectivity index (χ1v) is 12.3. The van der Waals surface area contributed by atoms with Crippen molar-refractivity contribution in [3.63, 3.8) is 0 Å². The van der Waals surface area contributed by atoms with E-state index >= 15 is 0 Å². The second kappa shape index (κ2) is 9.54. The van der Waals surface area contributed by atoms with E-state index in [-0.39, 0.29) is 5.75 Å². The summed E-state index contributed by atoms with van der Waals surface area (Å²) in [5.41, 5.74) is 2.37. The molecule has 0 aliphatic heterocycles. The molecule has 1 aromatic carbocycles. The van der Waals surface area contributed by atoms with Crippen molar-refractivity contribution in [1.82, 2.24) is 0 Å². The molecule has 3 rings (SSSR count). The predicted molar refractivity (Wildman–Crippen MR) is 114 cm³/mol. The lowest BCUT2D eigenvalue weighted by atomic mass is 9.95. The van der Waals surface area contributed by atoms with Crippen LogP contribution in [-0.4, -0.2) is 38.9 Å². The predicted octanol–water partition coefficient (Wildman–Crippen LogP) is 3.40. The van der Waals surface area contributed by atoms with Gasteiger partial charge in [0.25, 0.3) is 0 Å². The highest BCUT2D eigenvalue weighted by atomic mass is 32.2. The fourth-order valence-corrected chi connectivity index (χ4v) is 6.04. The van der Waals surface area contributed by atoms with E-state index in [9.17, 15) is 18.0 Å². The average molecular weight is 436 g/mol. The van der Waals surface area contributed by atoms with Gasteiger partial charge in [-0.2, -0.15) is 0 Å². The second-order valence-corrected chi connectivity index (χ2v) is 10.4. The van der Waals surface area contributed by atoms with Crippen LogP contribution in [0.5, 0.6) is 0 Å². The monoisotopic (exact) mass is 435 g/mol. The van der Waals surface area contributed by atoms with Gasteiger partial charge in [-0.3, -0.25) is 4.79 Å². The summed E-state index contributed by atoms with van der Waals surface area (Å²) >= 11 is 1.35. The Labute approximate surface area is 175 Å². The molecule has 1 aliphatic carbocycles. The van der Waals surface area contributed by atoms with E-state index in [2.05, 4.69) is 5.32 Å². The normalized spacial score (nSPS) is 13.6. The van der Waals surface area contributed by atoms with Crippen molar-refractivity contribution in [1.29, 1.82) is 0 Å². The maximum atomic E-state index is 12.4. The summed E-state index contributed by atoms with van der Waals surface area (Å²) in [4.78, 5) is 25.7. The van der Waals surface area contributed by atoms with Crippen molar-refractivity contribution in [3.05, 3.63) is 51.9 Å². The van der Waals surface area contributed by atoms with Gasteiger partial charge in [0, 0.05) is 4.88 Å². The van der Waals surface area contributed by atoms with Gasteiger partial charge in [0.2, 0.25) is 5.91 Å². The molecule has 2 aromatic rings. The molecule has 0 saturated carbocycles. The maximum absolute atomic E-state index is 12.4. The van der Waals surface area contributed by atoms with Gasteiger partial charge < -0.3 is 10.1 Å². The van der Waals surface area contributed by atoms with Crippen LogP contribution < -0.4 is 5.32 Å². The van der Waals surface area contributed by atoms with Gasteiger partial charge in [-0.05, 0) is 49.7 Å². The lowest BCUT2D eigenvalue weighted by molar-refractivity contribution is -0.113. The number of sulfone groups is 1. The second-order valence-electron chi connectivity index (χ2n) is 7.14. The maximum Gasteiger partial charge on any atom is 0.341 e. The third-order valence-corrected chi connectivity index (χ3v) is 7.75. The van der Waals surface area contributed by atoms with Crippen molar-refractivity contribution in [2.24, 2.45) is 0 Å². The fourth-order valence-electron chi connectivity index (χ4n) is 3.55. The topological polar surface area (TPSA) is 89.5 Å². The Bertz CT molecular complexity index is 980. The lowest BCUT2D eigenvalue weighted by Crippen LogP contribution is -2.25. The van der Waals surface area contributed by atoms with Gasteiger partial charge in [-0.15, -0.1) is 11.3 Å². The van der Waals surface area contributed by atoms with E-state index in [1.165, 1.54) is 18.4 Å². The first-order valence-electron chi connectivity index (χ1n) is 9.66. The Kier molecular flexibility index (Phi) is 7.08. The first-order chi connectivity index (χ1) is 13.9. The molecule has 0 atom stereocenters. The van der Waals surface area contributed by atoms with Gasteiger partial charge in [0.05, 0.1) is 18.4 Å². The largest absolute Gasteiger partial charge is 0.465 e. The summed E-state index contributed by atoms with van der Waals surface area (Å²) in [5, 5.41) is 3.04. The van der Waals surface area contributed by atoms with E-state index in [0.29, 0.717) is 23.4 Å². The number of thiophene rings is 1. The Hall–Kier alpha value is -2.19. The molecule has 0 unspecified atom stereocenters. The van der Waals surface area contributed by atoms with Crippen molar-refractivity contribution in [3.8, 4) is 0 Å². The van der Waals surface area contributed by atoms with E-state index in [0.717, 1.165) is 41.7 Å². The Balaban J connectivity index is 1.62. The molecule has 8 heteroatoms. The fraction of sp³-hybridized carbons (Fsp3) is 0.429. The smallest absolute Gasteiger partial charge is 0.341 e. The number of nitrogens with one attached hydrogen (secondary N) is 1. The molecule has 1 aliphatic rings. The average Bonchev–Trinajstić information content (AvgIpc) is 3.05. The Morgan fingerprint density at radius 3 is 2.59 bits per heavy atom. The number of carbonyl (C=O) groups is 2. The molecule has 0 radical (unpaired) electrons. The number of esters is 1. The van der Waals surface area contributed by atoms with Crippen LogP contribution in [0.25, 0.3) is 0 Å². The van der Waals surface area contributed by atoms with Crippen LogP contribution in [0.3, 0.4) is 0 Å². The summed E-state index contributed by atoms with van der Waals surface area (Å²) < 4.78 is 29.6. The lowest BCUT2D eigenvalue weighted by Gasteiger charge is -2.11. The number of carbonyl (C=O) groups excluding carboxylic acids is 2. The van der Waals surface area contributed by atoms with Gasteiger partial charge in [-0.25, -0.2) is 13.2 Å². The Morgan fingerprint density at radius 1 is 1.14 bits per heavy atom. The minimum absolute atomic E-state index is 0.0554. The van der Waals surface area contributed by atoms with Crippen LogP contribution in [0, 0.1) is 0 Å². The summed E-state index contributed by atoms with van der Waals surface area (Å²) in [5.74, 6) is -1.76. The first kappa shape index (κ1) is 21.5. The number of benzene rings is 1. The van der Waals surface area contributed by atoms with Gasteiger partial charge in [0.1, 0.15) is 10.8 Å². The quantitative estimate of drug-likeness (QED) is 0.642. The molecule has 0 bridgehead atoms. The zero-order valence-electron chi connectivity index (χ0n) is 16.4. The van der Waals surface area contributed by atoms with E-state index in [1.807, 2.05) is 30.3 Å². The van der Waals surface area contributed by atoms with E-state index in [4.69, 9.17) is 4.74 Å². The van der Waals surface area contributed by atoms with Crippen molar-refractivity contribution < 1.29 is 22.7 Å². The molecule has 29 heavy (non-hydrogen) atoms. The standard InChI is InChI=1S/C21H25NO5S2/c1-27-21(24)19-16-11-5-6-12-17(16)28-20(19)22-18(23)14-29(25,26)13-7-10-15-8-3-2-4-9-15/h2-4,8-9H,5-7,10-14H2,1H3,(H,22,23). The zero-order valence-corrected chi connectivity index (χ0v) is 18.0. The number of ether oxygens (including phenoxy) is 1. The summed E-state index contributed by atoms with van der Waals surface area (Å²) in [7, 11) is -2.23. The molecular formula is C21H25NO5S2. The summed E-state index contributed by atoms with van der Waals surface area (Å²) in [6, 6.07) is 9.64. The molecule has 1 heterocycles. The molecule has 0 saturated heterocycles. The number of hydrogen-bond acceptors (Lipinski definition) is 6. The molecule has 1 aromatic heterocycles. The Morgan fingerprint density at radius 2 is 1.86 bits per heavy atom. The number of fused-ring (bicyclic) bond motifs is 1. The minimum Gasteiger partial charge on any atom is -0.465 e. The molecule has 1 N–H and O–H groups in total. The van der Waals surface area contributed by atoms with Crippen LogP contribution >= 0.6 is 11.3 Å². The van der Waals surface area contributed by atoms with Crippen molar-refractivity contribution >= 4 is 38.1 Å². The zero-order chi connectivity index (χ0) is 20.9. The highest BCUT2D eigenvalue weighted by Crippen LogP contribution is 2.38. The van der Waals surface area contributed by atoms with Crippen molar-refractivity contribution in [2.45, 2.75) is 38.5 Å². The van der Waals surface area contributed by atoms with Crippen LogP contribution in [-0.2, 0) is 38.6 Å². The number of rotatable bonds is 8. The van der Waals surface area contributed by atoms with Crippen LogP contribution in [0.4, 0.5) is 5.00 Å². The van der Waals surface area contributed by atoms with Gasteiger partial charge in [0.15, 0.2) is 9.84 Å². The minimum atomic E-state index is -3.54.